The first-order chi connectivity index (χ1) is 11.9. The van der Waals surface area contributed by atoms with Gasteiger partial charge in [-0.25, -0.2) is 13.2 Å². The maximum absolute atomic E-state index is 14.6. The van der Waals surface area contributed by atoms with Crippen molar-refractivity contribution in [1.29, 1.82) is 0 Å². The van der Waals surface area contributed by atoms with Gasteiger partial charge >= 0.3 is 0 Å². The van der Waals surface area contributed by atoms with Crippen molar-refractivity contribution in [2.75, 3.05) is 0 Å². The van der Waals surface area contributed by atoms with Crippen LogP contribution in [0.2, 0.25) is 0 Å². The number of hydrogen-bond acceptors (Lipinski definition) is 1. The number of benzene rings is 2. The first-order valence-electron chi connectivity index (χ1n) is 8.20. The van der Waals surface area contributed by atoms with Crippen LogP contribution >= 0.6 is 12.2 Å². The van der Waals surface area contributed by atoms with Crippen molar-refractivity contribution < 1.29 is 13.2 Å². The van der Waals surface area contributed by atoms with Gasteiger partial charge in [0, 0.05) is 4.86 Å². The van der Waals surface area contributed by atoms with Gasteiger partial charge < -0.3 is 0 Å². The number of alkyl halides is 3. The van der Waals surface area contributed by atoms with E-state index >= 15 is 0 Å². The third-order valence-electron chi connectivity index (χ3n) is 4.06. The van der Waals surface area contributed by atoms with Crippen LogP contribution < -0.4 is 0 Å². The molecule has 4 unspecified atom stereocenters. The van der Waals surface area contributed by atoms with Crippen LogP contribution in [0.25, 0.3) is 6.08 Å². The molecule has 0 nitrogen and oxygen atoms in total. The monoisotopic (exact) mass is 362 g/mol. The van der Waals surface area contributed by atoms with E-state index in [1.165, 1.54) is 6.92 Å². The number of hydrogen-bond donors (Lipinski definition) is 0. The molecule has 2 aromatic carbocycles. The minimum atomic E-state index is -1.98. The first kappa shape index (κ1) is 19.4. The Balaban J connectivity index is 2.55. The fourth-order valence-corrected chi connectivity index (χ4v) is 3.09. The van der Waals surface area contributed by atoms with Crippen LogP contribution in [0.1, 0.15) is 25.0 Å². The lowest BCUT2D eigenvalue weighted by atomic mass is 9.83. The highest BCUT2D eigenvalue weighted by molar-refractivity contribution is 7.81. The lowest BCUT2D eigenvalue weighted by Gasteiger charge is -2.27. The van der Waals surface area contributed by atoms with E-state index in [0.717, 1.165) is 12.5 Å². The van der Waals surface area contributed by atoms with Gasteiger partial charge in [0.1, 0.15) is 18.5 Å². The van der Waals surface area contributed by atoms with Crippen molar-refractivity contribution in [3.05, 3.63) is 77.4 Å². The van der Waals surface area contributed by atoms with E-state index in [-0.39, 0.29) is 0 Å². The lowest BCUT2D eigenvalue weighted by Crippen LogP contribution is -2.34. The van der Waals surface area contributed by atoms with Gasteiger partial charge in [-0.05, 0) is 36.6 Å². The third-order valence-corrected chi connectivity index (χ3v) is 4.53. The molecule has 0 radical (unpaired) electrons. The predicted octanol–water partition coefficient (Wildman–Crippen LogP) is 6.16. The zero-order valence-corrected chi connectivity index (χ0v) is 15.0. The summed E-state index contributed by atoms with van der Waals surface area (Å²) in [5, 5.41) is 0. The van der Waals surface area contributed by atoms with Gasteiger partial charge in [0.25, 0.3) is 0 Å². The van der Waals surface area contributed by atoms with E-state index in [0.29, 0.717) is 16.0 Å². The normalized spacial score (nSPS) is 16.8. The number of halogens is 3. The average Bonchev–Trinajstić information content (AvgIpc) is 2.61. The molecule has 0 spiro atoms. The molecule has 0 aromatic heterocycles. The van der Waals surface area contributed by atoms with Crippen LogP contribution in [-0.4, -0.2) is 23.4 Å². The fraction of sp³-hybridized carbons (Fsp3) is 0.286. The van der Waals surface area contributed by atoms with Gasteiger partial charge in [-0.1, -0.05) is 72.9 Å². The summed E-state index contributed by atoms with van der Waals surface area (Å²) < 4.78 is 42.5. The van der Waals surface area contributed by atoms with Crippen LogP contribution in [-0.2, 0) is 0 Å². The highest BCUT2D eigenvalue weighted by Gasteiger charge is 2.36. The third kappa shape index (κ3) is 5.02. The first-order valence-corrected chi connectivity index (χ1v) is 8.61. The smallest absolute Gasteiger partial charge is 0.140 e. The highest BCUT2D eigenvalue weighted by Crippen LogP contribution is 2.32. The Morgan fingerprint density at radius 1 is 0.840 bits per heavy atom. The fourth-order valence-electron chi connectivity index (χ4n) is 2.76. The van der Waals surface area contributed by atoms with Crippen molar-refractivity contribution in [3.8, 4) is 0 Å². The molecule has 4 heteroatoms. The molecule has 0 bridgehead atoms. The molecule has 4 atom stereocenters. The molecule has 0 saturated carbocycles. The molecular weight excluding hydrogens is 341 g/mol. The van der Waals surface area contributed by atoms with E-state index in [2.05, 4.69) is 0 Å². The second kappa shape index (κ2) is 8.95. The summed E-state index contributed by atoms with van der Waals surface area (Å²) in [6.45, 7) is 2.35. The Morgan fingerprint density at radius 3 is 1.84 bits per heavy atom. The molecule has 132 valence electrons. The summed E-state index contributed by atoms with van der Waals surface area (Å²) in [5.74, 6) is -1.27. The second-order valence-corrected chi connectivity index (χ2v) is 6.44. The molecular formula is C21H21F3S. The zero-order chi connectivity index (χ0) is 18.4. The van der Waals surface area contributed by atoms with Crippen molar-refractivity contribution in [3.63, 3.8) is 0 Å². The quantitative estimate of drug-likeness (QED) is 0.323. The minimum absolute atomic E-state index is 0.305. The summed E-state index contributed by atoms with van der Waals surface area (Å²) in [7, 11) is 0. The summed E-state index contributed by atoms with van der Waals surface area (Å²) in [6, 6.07) is 18.2. The Labute approximate surface area is 152 Å². The molecule has 0 heterocycles. The molecule has 0 aliphatic rings. The Bertz CT molecular complexity index is 708. The van der Waals surface area contributed by atoms with Crippen molar-refractivity contribution in [2.24, 2.45) is 5.92 Å². The Hall–Kier alpha value is -1.94. The molecule has 0 fully saturated rings. The van der Waals surface area contributed by atoms with Gasteiger partial charge in [-0.15, -0.1) is 0 Å². The standard InChI is InChI=1S/C21H21F3S/c1-14(22)19(20(24)15(2)23)18(13-16-9-5-3-6-10-16)21(25)17-11-7-4-8-12-17/h3-15,19-20H,1-2H3. The second-order valence-electron chi connectivity index (χ2n) is 6.03. The molecule has 0 aliphatic heterocycles. The van der Waals surface area contributed by atoms with Crippen LogP contribution in [0, 0.1) is 5.92 Å². The van der Waals surface area contributed by atoms with Gasteiger partial charge in [0.05, 0.1) is 5.92 Å². The number of allylic oxidation sites excluding steroid dienone is 1. The Kier molecular flexibility index (Phi) is 6.94. The molecule has 2 aromatic rings. The van der Waals surface area contributed by atoms with Crippen LogP contribution in [0.5, 0.6) is 0 Å². The molecule has 2 rings (SSSR count). The van der Waals surface area contributed by atoms with Gasteiger partial charge in [-0.2, -0.15) is 0 Å². The van der Waals surface area contributed by atoms with Crippen LogP contribution in [0.4, 0.5) is 13.2 Å². The van der Waals surface area contributed by atoms with E-state index in [9.17, 15) is 13.2 Å². The van der Waals surface area contributed by atoms with Crippen LogP contribution in [0.15, 0.2) is 66.2 Å². The van der Waals surface area contributed by atoms with E-state index in [1.54, 1.807) is 30.3 Å². The summed E-state index contributed by atoms with van der Waals surface area (Å²) in [4.78, 5) is 0.335. The molecule has 0 N–H and O–H groups in total. The van der Waals surface area contributed by atoms with Crippen LogP contribution in [0.3, 0.4) is 0 Å². The molecule has 25 heavy (non-hydrogen) atoms. The minimum Gasteiger partial charge on any atom is -0.247 e. The van der Waals surface area contributed by atoms with Gasteiger partial charge in [0.15, 0.2) is 0 Å². The summed E-state index contributed by atoms with van der Waals surface area (Å²) in [5.41, 5.74) is 1.75. The maximum Gasteiger partial charge on any atom is 0.140 e. The molecule has 0 saturated heterocycles. The zero-order valence-electron chi connectivity index (χ0n) is 14.2. The SMILES string of the molecule is CC(F)C(F)C(C(=Cc1ccccc1)C(=S)c1ccccc1)C(C)F. The predicted molar refractivity (Wildman–Crippen MR) is 102 cm³/mol. The van der Waals surface area contributed by atoms with Crippen molar-refractivity contribution in [1.82, 2.24) is 0 Å². The van der Waals surface area contributed by atoms with Crippen molar-refractivity contribution >= 4 is 23.2 Å². The summed E-state index contributed by atoms with van der Waals surface area (Å²) >= 11 is 5.52. The lowest BCUT2D eigenvalue weighted by molar-refractivity contribution is 0.0971. The highest BCUT2D eigenvalue weighted by atomic mass is 32.1. The summed E-state index contributed by atoms with van der Waals surface area (Å²) in [6.07, 6.45) is -3.69. The average molecular weight is 362 g/mol. The van der Waals surface area contributed by atoms with E-state index in [4.69, 9.17) is 12.2 Å². The van der Waals surface area contributed by atoms with Gasteiger partial charge in [0.2, 0.25) is 0 Å². The van der Waals surface area contributed by atoms with E-state index in [1.807, 2.05) is 36.4 Å². The van der Waals surface area contributed by atoms with E-state index < -0.39 is 24.4 Å². The number of thiocarbonyl (C=S) groups is 1. The Morgan fingerprint density at radius 2 is 1.36 bits per heavy atom. The molecule has 0 aliphatic carbocycles. The van der Waals surface area contributed by atoms with Crippen molar-refractivity contribution in [2.45, 2.75) is 32.4 Å². The number of rotatable bonds is 7. The van der Waals surface area contributed by atoms with Gasteiger partial charge in [-0.3, -0.25) is 0 Å². The maximum atomic E-state index is 14.6. The largest absolute Gasteiger partial charge is 0.247 e. The topological polar surface area (TPSA) is 0 Å². The molecule has 0 amide bonds.